The van der Waals surface area contributed by atoms with E-state index >= 15 is 0 Å². The number of nitrogens with zero attached hydrogens (tertiary/aromatic N) is 2. The zero-order chi connectivity index (χ0) is 16.8. The van der Waals surface area contributed by atoms with Crippen molar-refractivity contribution in [1.82, 2.24) is 15.2 Å². The van der Waals surface area contributed by atoms with Crippen molar-refractivity contribution in [3.8, 4) is 0 Å². The van der Waals surface area contributed by atoms with Crippen molar-refractivity contribution in [3.05, 3.63) is 65.5 Å². The van der Waals surface area contributed by atoms with E-state index in [0.29, 0.717) is 12.1 Å². The maximum atomic E-state index is 12.2. The van der Waals surface area contributed by atoms with Crippen molar-refractivity contribution < 1.29 is 9.90 Å². The van der Waals surface area contributed by atoms with E-state index in [9.17, 15) is 9.90 Å². The van der Waals surface area contributed by atoms with Gasteiger partial charge in [0.25, 0.3) is 5.91 Å². The fraction of sp³-hybridized carbons (Fsp3) is 0.368. The van der Waals surface area contributed by atoms with Gasteiger partial charge in [0.15, 0.2) is 0 Å². The lowest BCUT2D eigenvalue weighted by Gasteiger charge is -2.24. The Morgan fingerprint density at radius 2 is 2.08 bits per heavy atom. The summed E-state index contributed by atoms with van der Waals surface area (Å²) >= 11 is 0. The van der Waals surface area contributed by atoms with Crippen molar-refractivity contribution in [1.29, 1.82) is 0 Å². The molecule has 24 heavy (non-hydrogen) atoms. The summed E-state index contributed by atoms with van der Waals surface area (Å²) in [7, 11) is 0. The van der Waals surface area contributed by atoms with Gasteiger partial charge in [-0.3, -0.25) is 14.7 Å². The van der Waals surface area contributed by atoms with E-state index in [1.807, 2.05) is 18.2 Å². The number of aliphatic hydroxyl groups excluding tert-OH is 1. The molecule has 1 saturated heterocycles. The summed E-state index contributed by atoms with van der Waals surface area (Å²) in [6.45, 7) is 2.52. The molecule has 1 unspecified atom stereocenters. The van der Waals surface area contributed by atoms with Crippen LogP contribution in [0.4, 0.5) is 0 Å². The number of rotatable bonds is 6. The topological polar surface area (TPSA) is 65.5 Å². The molecule has 1 aliphatic rings. The lowest BCUT2D eigenvalue weighted by molar-refractivity contribution is 0.0950. The summed E-state index contributed by atoms with van der Waals surface area (Å²) < 4.78 is 0. The number of likely N-dealkylation sites (tertiary alicyclic amines) is 1. The van der Waals surface area contributed by atoms with Gasteiger partial charge in [-0.25, -0.2) is 0 Å². The monoisotopic (exact) mass is 325 g/mol. The molecular formula is C19H23N3O2. The Morgan fingerprint density at radius 3 is 2.83 bits per heavy atom. The van der Waals surface area contributed by atoms with E-state index < -0.39 is 0 Å². The molecule has 1 aliphatic heterocycles. The minimum absolute atomic E-state index is 0.118. The molecule has 2 aromatic rings. The quantitative estimate of drug-likeness (QED) is 0.852. The smallest absolute Gasteiger partial charge is 0.253 e. The number of pyridine rings is 1. The molecule has 0 aliphatic carbocycles. The summed E-state index contributed by atoms with van der Waals surface area (Å²) in [6.07, 6.45) is 5.40. The van der Waals surface area contributed by atoms with Gasteiger partial charge in [0.05, 0.1) is 12.2 Å². The highest BCUT2D eigenvalue weighted by Gasteiger charge is 2.24. The first-order chi connectivity index (χ1) is 11.8. The van der Waals surface area contributed by atoms with Crippen LogP contribution in [0, 0.1) is 0 Å². The average molecular weight is 325 g/mol. The fourth-order valence-corrected chi connectivity index (χ4v) is 3.19. The highest BCUT2D eigenvalue weighted by molar-refractivity contribution is 5.93. The Kier molecular flexibility index (Phi) is 5.56. The number of carbonyl (C=O) groups is 1. The van der Waals surface area contributed by atoms with E-state index in [1.165, 1.54) is 5.56 Å². The Balaban J connectivity index is 1.65. The number of nitrogens with one attached hydrogen (secondary N) is 1. The molecule has 1 aromatic carbocycles. The van der Waals surface area contributed by atoms with E-state index in [-0.39, 0.29) is 18.6 Å². The molecule has 126 valence electrons. The number of amides is 1. The molecule has 1 amide bonds. The molecule has 2 N–H and O–H groups in total. The second-order valence-electron chi connectivity index (χ2n) is 6.14. The molecule has 0 radical (unpaired) electrons. The predicted octanol–water partition coefficient (Wildman–Crippen LogP) is 1.97. The molecule has 1 atom stereocenters. The second-order valence-corrected chi connectivity index (χ2v) is 6.14. The van der Waals surface area contributed by atoms with Gasteiger partial charge in [0.2, 0.25) is 0 Å². The molecule has 0 bridgehead atoms. The summed E-state index contributed by atoms with van der Waals surface area (Å²) in [6, 6.07) is 11.9. The first-order valence-electron chi connectivity index (χ1n) is 8.38. The number of aromatic nitrogens is 1. The van der Waals surface area contributed by atoms with Crippen molar-refractivity contribution in [2.45, 2.75) is 32.0 Å². The van der Waals surface area contributed by atoms with Crippen molar-refractivity contribution in [3.63, 3.8) is 0 Å². The second kappa shape index (κ2) is 8.04. The highest BCUT2D eigenvalue weighted by Crippen LogP contribution is 2.21. The van der Waals surface area contributed by atoms with Gasteiger partial charge in [0, 0.05) is 31.5 Å². The average Bonchev–Trinajstić information content (AvgIpc) is 3.08. The van der Waals surface area contributed by atoms with Gasteiger partial charge >= 0.3 is 0 Å². The third-order valence-corrected chi connectivity index (χ3v) is 4.56. The van der Waals surface area contributed by atoms with Crippen LogP contribution in [-0.2, 0) is 13.1 Å². The van der Waals surface area contributed by atoms with E-state index in [4.69, 9.17) is 0 Å². The van der Waals surface area contributed by atoms with Crippen LogP contribution in [0.2, 0.25) is 0 Å². The number of hydrogen-bond donors (Lipinski definition) is 2. The third-order valence-electron chi connectivity index (χ3n) is 4.56. The summed E-state index contributed by atoms with van der Waals surface area (Å²) in [4.78, 5) is 18.5. The van der Waals surface area contributed by atoms with Gasteiger partial charge < -0.3 is 10.4 Å². The highest BCUT2D eigenvalue weighted by atomic mass is 16.3. The molecule has 1 aromatic heterocycles. The third kappa shape index (κ3) is 3.99. The molecule has 5 nitrogen and oxygen atoms in total. The van der Waals surface area contributed by atoms with Crippen molar-refractivity contribution in [2.24, 2.45) is 0 Å². The van der Waals surface area contributed by atoms with Crippen molar-refractivity contribution >= 4 is 5.91 Å². The maximum Gasteiger partial charge on any atom is 0.253 e. The number of benzene rings is 1. The van der Waals surface area contributed by atoms with Crippen LogP contribution in [0.5, 0.6) is 0 Å². The first kappa shape index (κ1) is 16.6. The number of aliphatic hydroxyl groups is 1. The zero-order valence-corrected chi connectivity index (χ0v) is 13.7. The Bertz CT molecular complexity index is 675. The summed E-state index contributed by atoms with van der Waals surface area (Å²) in [5, 5.41) is 12.4. The van der Waals surface area contributed by atoms with Crippen LogP contribution in [0.3, 0.4) is 0 Å². The Hall–Kier alpha value is -2.24. The Morgan fingerprint density at radius 1 is 1.25 bits per heavy atom. The number of carbonyl (C=O) groups excluding carboxylic acids is 1. The van der Waals surface area contributed by atoms with Crippen LogP contribution in [0.1, 0.15) is 34.3 Å². The minimum Gasteiger partial charge on any atom is -0.395 e. The molecule has 5 heteroatoms. The molecule has 0 spiro atoms. The lowest BCUT2D eigenvalue weighted by Crippen LogP contribution is -2.32. The van der Waals surface area contributed by atoms with Crippen LogP contribution < -0.4 is 5.32 Å². The Labute approximate surface area is 142 Å². The van der Waals surface area contributed by atoms with Gasteiger partial charge in [0.1, 0.15) is 0 Å². The maximum absolute atomic E-state index is 12.2. The molecule has 3 rings (SSSR count). The van der Waals surface area contributed by atoms with Crippen LogP contribution in [0.25, 0.3) is 0 Å². The summed E-state index contributed by atoms with van der Waals surface area (Å²) in [5.41, 5.74) is 2.87. The van der Waals surface area contributed by atoms with E-state index in [1.54, 1.807) is 24.5 Å². The number of hydrogen-bond acceptors (Lipinski definition) is 4. The standard InChI is InChI=1S/C19H23N3O2/c23-14-18-8-4-10-22(18)13-17-6-2-1-5-15(17)12-21-19(24)16-7-3-9-20-11-16/h1-3,5-7,9,11,18,23H,4,8,10,12-14H2,(H,21,24). The first-order valence-corrected chi connectivity index (χ1v) is 8.38. The predicted molar refractivity (Wildman–Crippen MR) is 92.4 cm³/mol. The normalized spacial score (nSPS) is 17.8. The largest absolute Gasteiger partial charge is 0.395 e. The minimum atomic E-state index is -0.118. The van der Waals surface area contributed by atoms with E-state index in [0.717, 1.165) is 31.5 Å². The fourth-order valence-electron chi connectivity index (χ4n) is 3.19. The van der Waals surface area contributed by atoms with Gasteiger partial charge in [-0.15, -0.1) is 0 Å². The molecule has 0 saturated carbocycles. The lowest BCUT2D eigenvalue weighted by atomic mass is 10.1. The molecule has 2 heterocycles. The SMILES string of the molecule is O=C(NCc1ccccc1CN1CCCC1CO)c1cccnc1. The molecular weight excluding hydrogens is 302 g/mol. The van der Waals surface area contributed by atoms with Crippen LogP contribution in [-0.4, -0.2) is 40.1 Å². The van der Waals surface area contributed by atoms with Crippen LogP contribution in [0.15, 0.2) is 48.8 Å². The molecule has 1 fully saturated rings. The zero-order valence-electron chi connectivity index (χ0n) is 13.7. The van der Waals surface area contributed by atoms with Gasteiger partial charge in [-0.1, -0.05) is 24.3 Å². The van der Waals surface area contributed by atoms with Gasteiger partial charge in [-0.2, -0.15) is 0 Å². The van der Waals surface area contributed by atoms with Gasteiger partial charge in [-0.05, 0) is 42.6 Å². The van der Waals surface area contributed by atoms with Crippen molar-refractivity contribution in [2.75, 3.05) is 13.2 Å². The van der Waals surface area contributed by atoms with Crippen LogP contribution >= 0.6 is 0 Å². The summed E-state index contributed by atoms with van der Waals surface area (Å²) in [5.74, 6) is -0.118. The van der Waals surface area contributed by atoms with E-state index in [2.05, 4.69) is 21.3 Å².